The molecule has 17 heavy (non-hydrogen) atoms. The Balaban J connectivity index is 3.81. The maximum absolute atomic E-state index is 11.6. The summed E-state index contributed by atoms with van der Waals surface area (Å²) < 4.78 is 0. The van der Waals surface area contributed by atoms with E-state index in [1.165, 1.54) is 0 Å². The van der Waals surface area contributed by atoms with E-state index in [0.29, 0.717) is 25.2 Å². The van der Waals surface area contributed by atoms with Gasteiger partial charge in [0.25, 0.3) is 0 Å². The van der Waals surface area contributed by atoms with Crippen LogP contribution in [0.15, 0.2) is 4.99 Å². The molecule has 0 aromatic carbocycles. The maximum atomic E-state index is 11.6. The molecule has 8 N–H and O–H groups in total. The quantitative estimate of drug-likeness (QED) is 0.342. The lowest BCUT2D eigenvalue weighted by molar-refractivity contribution is -0.120. The van der Waals surface area contributed by atoms with Gasteiger partial charge in [0.2, 0.25) is 0 Å². The molecule has 0 aliphatic carbocycles. The lowest BCUT2D eigenvalue weighted by Crippen LogP contribution is -2.32. The van der Waals surface area contributed by atoms with Gasteiger partial charge in [-0.1, -0.05) is 13.8 Å². The van der Waals surface area contributed by atoms with Gasteiger partial charge in [-0.15, -0.1) is 0 Å². The van der Waals surface area contributed by atoms with Crippen molar-refractivity contribution >= 4 is 11.7 Å². The van der Waals surface area contributed by atoms with E-state index < -0.39 is 6.17 Å². The largest absolute Gasteiger partial charge is 0.370 e. The van der Waals surface area contributed by atoms with Crippen molar-refractivity contribution in [1.82, 2.24) is 0 Å². The Morgan fingerprint density at radius 1 is 1.24 bits per heavy atom. The molecular formula is C11H25N5O. The van der Waals surface area contributed by atoms with E-state index in [4.69, 9.17) is 22.9 Å². The van der Waals surface area contributed by atoms with Crippen molar-refractivity contribution in [2.45, 2.75) is 51.7 Å². The van der Waals surface area contributed by atoms with Crippen LogP contribution < -0.4 is 22.9 Å². The summed E-state index contributed by atoms with van der Waals surface area (Å²) in [6.45, 7) is 4.09. The first-order chi connectivity index (χ1) is 7.82. The Hall–Kier alpha value is -1.14. The Bertz CT molecular complexity index is 261. The molecule has 6 nitrogen and oxygen atoms in total. The number of hydrogen-bond donors (Lipinski definition) is 4. The van der Waals surface area contributed by atoms with Crippen LogP contribution in [-0.2, 0) is 4.79 Å². The molecule has 100 valence electrons. The van der Waals surface area contributed by atoms with E-state index in [1.807, 2.05) is 13.8 Å². The summed E-state index contributed by atoms with van der Waals surface area (Å²) in [7, 11) is 0. The molecule has 0 rings (SSSR count). The van der Waals surface area contributed by atoms with Crippen LogP contribution >= 0.6 is 0 Å². The normalized spacial score (nSPS) is 14.4. The molecule has 0 saturated carbocycles. The van der Waals surface area contributed by atoms with Crippen molar-refractivity contribution in [2.75, 3.05) is 0 Å². The van der Waals surface area contributed by atoms with E-state index in [2.05, 4.69) is 4.99 Å². The highest BCUT2D eigenvalue weighted by molar-refractivity contribution is 5.83. The first-order valence-corrected chi connectivity index (χ1v) is 5.95. The van der Waals surface area contributed by atoms with Crippen LogP contribution in [0.1, 0.15) is 39.5 Å². The fraction of sp³-hybridized carbons (Fsp3) is 0.818. The predicted octanol–water partition coefficient (Wildman–Crippen LogP) is -0.343. The minimum Gasteiger partial charge on any atom is -0.370 e. The number of guanidine groups is 1. The highest BCUT2D eigenvalue weighted by Crippen LogP contribution is 2.08. The number of carbonyl (C=O) groups is 1. The molecule has 0 heterocycles. The van der Waals surface area contributed by atoms with Crippen molar-refractivity contribution in [3.8, 4) is 0 Å². The highest BCUT2D eigenvalue weighted by atomic mass is 16.1. The van der Waals surface area contributed by atoms with E-state index >= 15 is 0 Å². The number of Topliss-reactive ketones (excluding diaryl/α,β-unsaturated/α-hetero) is 1. The number of nitrogens with two attached hydrogens (primary N) is 4. The van der Waals surface area contributed by atoms with Crippen LogP contribution in [0.25, 0.3) is 0 Å². The summed E-state index contributed by atoms with van der Waals surface area (Å²) in [6.07, 6.45) is 1.95. The van der Waals surface area contributed by atoms with Crippen LogP contribution in [0, 0.1) is 5.92 Å². The SMILES string of the molecule is CC(C)C[C@H](N)C(=O)CCCC(N)N=C(N)N. The molecule has 0 fully saturated rings. The first kappa shape index (κ1) is 15.9. The molecule has 0 radical (unpaired) electrons. The zero-order valence-electron chi connectivity index (χ0n) is 10.7. The van der Waals surface area contributed by atoms with E-state index in [9.17, 15) is 4.79 Å². The average Bonchev–Trinajstić information content (AvgIpc) is 2.14. The molecule has 0 aromatic rings. The van der Waals surface area contributed by atoms with E-state index in [-0.39, 0.29) is 17.8 Å². The van der Waals surface area contributed by atoms with E-state index in [1.54, 1.807) is 0 Å². The van der Waals surface area contributed by atoms with Crippen molar-refractivity contribution < 1.29 is 4.79 Å². The van der Waals surface area contributed by atoms with Crippen LogP contribution in [0.2, 0.25) is 0 Å². The Morgan fingerprint density at radius 2 is 1.82 bits per heavy atom. The van der Waals surface area contributed by atoms with Crippen LogP contribution in [0.5, 0.6) is 0 Å². The Labute approximate surface area is 103 Å². The molecule has 0 amide bonds. The second kappa shape index (κ2) is 8.03. The van der Waals surface area contributed by atoms with Gasteiger partial charge in [0.05, 0.1) is 6.04 Å². The second-order valence-corrected chi connectivity index (χ2v) is 4.72. The molecule has 0 saturated heterocycles. The average molecular weight is 243 g/mol. The lowest BCUT2D eigenvalue weighted by Gasteiger charge is -2.13. The van der Waals surface area contributed by atoms with Gasteiger partial charge in [0.15, 0.2) is 5.96 Å². The minimum atomic E-state index is -0.436. The lowest BCUT2D eigenvalue weighted by atomic mass is 9.98. The van der Waals surface area contributed by atoms with Gasteiger partial charge in [0, 0.05) is 6.42 Å². The van der Waals surface area contributed by atoms with Gasteiger partial charge in [-0.2, -0.15) is 0 Å². The third-order valence-electron chi connectivity index (χ3n) is 2.38. The van der Waals surface area contributed by atoms with Crippen molar-refractivity contribution in [1.29, 1.82) is 0 Å². The zero-order chi connectivity index (χ0) is 13.4. The molecular weight excluding hydrogens is 218 g/mol. The first-order valence-electron chi connectivity index (χ1n) is 5.95. The summed E-state index contributed by atoms with van der Waals surface area (Å²) in [4.78, 5) is 15.4. The van der Waals surface area contributed by atoms with Gasteiger partial charge < -0.3 is 22.9 Å². The van der Waals surface area contributed by atoms with Crippen LogP contribution in [0.4, 0.5) is 0 Å². The van der Waals surface area contributed by atoms with Gasteiger partial charge in [-0.3, -0.25) is 4.79 Å². The molecule has 2 atom stereocenters. The molecule has 1 unspecified atom stereocenters. The summed E-state index contributed by atoms with van der Waals surface area (Å²) in [5, 5.41) is 0. The summed E-state index contributed by atoms with van der Waals surface area (Å²) in [5.41, 5.74) is 21.8. The summed E-state index contributed by atoms with van der Waals surface area (Å²) in [6, 6.07) is -0.366. The third kappa shape index (κ3) is 8.65. The fourth-order valence-electron chi connectivity index (χ4n) is 1.57. The third-order valence-corrected chi connectivity index (χ3v) is 2.38. The molecule has 0 spiro atoms. The molecule has 0 aliphatic rings. The van der Waals surface area contributed by atoms with Gasteiger partial charge in [-0.05, 0) is 25.2 Å². The van der Waals surface area contributed by atoms with Gasteiger partial charge in [-0.25, -0.2) is 4.99 Å². The molecule has 0 aromatic heterocycles. The van der Waals surface area contributed by atoms with E-state index in [0.717, 1.165) is 6.42 Å². The van der Waals surface area contributed by atoms with Crippen molar-refractivity contribution in [3.05, 3.63) is 0 Å². The Morgan fingerprint density at radius 3 is 2.29 bits per heavy atom. The monoisotopic (exact) mass is 243 g/mol. The summed E-state index contributed by atoms with van der Waals surface area (Å²) >= 11 is 0. The zero-order valence-corrected chi connectivity index (χ0v) is 10.7. The number of aliphatic imine (C=N–C) groups is 1. The molecule has 0 aliphatic heterocycles. The van der Waals surface area contributed by atoms with Crippen molar-refractivity contribution in [2.24, 2.45) is 33.8 Å². The second-order valence-electron chi connectivity index (χ2n) is 4.72. The topological polar surface area (TPSA) is 134 Å². The summed E-state index contributed by atoms with van der Waals surface area (Å²) in [5.74, 6) is 0.480. The van der Waals surface area contributed by atoms with Gasteiger partial charge in [0.1, 0.15) is 11.9 Å². The highest BCUT2D eigenvalue weighted by Gasteiger charge is 2.14. The predicted molar refractivity (Wildman–Crippen MR) is 70.1 cm³/mol. The van der Waals surface area contributed by atoms with Crippen molar-refractivity contribution in [3.63, 3.8) is 0 Å². The van der Waals surface area contributed by atoms with Gasteiger partial charge >= 0.3 is 0 Å². The van der Waals surface area contributed by atoms with Crippen LogP contribution in [-0.4, -0.2) is 24.0 Å². The number of carbonyl (C=O) groups excluding carboxylic acids is 1. The maximum Gasteiger partial charge on any atom is 0.187 e. The molecule has 6 heteroatoms. The smallest absolute Gasteiger partial charge is 0.187 e. The standard InChI is InChI=1S/C11H25N5O/c1-7(2)6-8(12)9(17)4-3-5-10(13)16-11(14)15/h7-8,10H,3-6,12-13H2,1-2H3,(H4,14,15,16)/t8-,10?/m0/s1. The number of nitrogens with zero attached hydrogens (tertiary/aromatic N) is 1. The number of rotatable bonds is 8. The fourth-order valence-corrected chi connectivity index (χ4v) is 1.57. The number of hydrogen-bond acceptors (Lipinski definition) is 4. The Kier molecular flexibility index (Phi) is 7.49. The molecule has 0 bridgehead atoms. The van der Waals surface area contributed by atoms with Crippen LogP contribution in [0.3, 0.4) is 0 Å². The minimum absolute atomic E-state index is 0.0275. The number of ketones is 1.